The molecular weight excluding hydrogens is 472 g/mol. The van der Waals surface area contributed by atoms with E-state index in [1.165, 1.54) is 12.1 Å². The highest BCUT2D eigenvalue weighted by molar-refractivity contribution is 9.11. The molecule has 0 aliphatic carbocycles. The molecule has 3 N–H and O–H groups in total. The van der Waals surface area contributed by atoms with Crippen molar-refractivity contribution in [1.82, 2.24) is 9.88 Å². The lowest BCUT2D eigenvalue weighted by atomic mass is 10.1. The molecule has 0 bridgehead atoms. The monoisotopic (exact) mass is 477 g/mol. The van der Waals surface area contributed by atoms with E-state index in [-0.39, 0.29) is 32.9 Å². The maximum absolute atomic E-state index is 12.7. The number of amides is 2. The molecule has 11 heteroatoms. The number of imide groups is 1. The number of ether oxygens (including phenoxy) is 1. The number of carbonyl (C=O) groups excluding carboxylic acids is 2. The number of carbonyl (C=O) groups is 2. The van der Waals surface area contributed by atoms with Gasteiger partial charge in [0.25, 0.3) is 17.4 Å². The van der Waals surface area contributed by atoms with E-state index in [9.17, 15) is 23.2 Å². The van der Waals surface area contributed by atoms with Crippen molar-refractivity contribution in [3.63, 3.8) is 0 Å². The van der Waals surface area contributed by atoms with Crippen molar-refractivity contribution >= 4 is 49.5 Å². The van der Waals surface area contributed by atoms with Gasteiger partial charge in [-0.3, -0.25) is 24.3 Å². The second kappa shape index (κ2) is 6.23. The maximum atomic E-state index is 12.7. The molecule has 1 aromatic heterocycles. The van der Waals surface area contributed by atoms with E-state index in [1.807, 2.05) is 5.32 Å². The Kier molecular flexibility index (Phi) is 4.37. The van der Waals surface area contributed by atoms with Gasteiger partial charge >= 0.3 is 6.61 Å². The third-order valence-electron chi connectivity index (χ3n) is 3.39. The van der Waals surface area contributed by atoms with Crippen LogP contribution in [0.3, 0.4) is 0 Å². The smallest absolute Gasteiger partial charge is 0.387 e. The van der Waals surface area contributed by atoms with Crippen LogP contribution in [-0.4, -0.2) is 23.0 Å². The average Bonchev–Trinajstić information content (AvgIpc) is 2.75. The summed E-state index contributed by atoms with van der Waals surface area (Å²) in [5.41, 5.74) is 4.61. The van der Waals surface area contributed by atoms with Gasteiger partial charge in [-0.1, -0.05) is 15.9 Å². The summed E-state index contributed by atoms with van der Waals surface area (Å²) in [4.78, 5) is 36.0. The van der Waals surface area contributed by atoms with Crippen LogP contribution in [0.4, 0.5) is 14.6 Å². The number of nitrogens with zero attached hydrogens (tertiary/aromatic N) is 1. The molecule has 0 saturated carbocycles. The van der Waals surface area contributed by atoms with Crippen molar-refractivity contribution in [1.29, 1.82) is 0 Å². The Morgan fingerprint density at radius 1 is 1.12 bits per heavy atom. The van der Waals surface area contributed by atoms with Crippen LogP contribution in [0.25, 0.3) is 5.69 Å². The van der Waals surface area contributed by atoms with Gasteiger partial charge in [0.1, 0.15) is 11.5 Å². The highest BCUT2D eigenvalue weighted by Crippen LogP contribution is 2.37. The van der Waals surface area contributed by atoms with Crippen LogP contribution in [0, 0.1) is 0 Å². The second-order valence-electron chi connectivity index (χ2n) is 4.89. The molecule has 2 heterocycles. The number of alkyl halides is 2. The van der Waals surface area contributed by atoms with Gasteiger partial charge in [-0.05, 0) is 28.1 Å². The third-order valence-corrected chi connectivity index (χ3v) is 4.45. The largest absolute Gasteiger partial charge is 0.432 e. The molecule has 2 aromatic rings. The zero-order valence-corrected chi connectivity index (χ0v) is 15.2. The number of pyridine rings is 1. The number of aromatic nitrogens is 1. The van der Waals surface area contributed by atoms with Crippen molar-refractivity contribution in [2.45, 2.75) is 6.61 Å². The predicted molar refractivity (Wildman–Crippen MR) is 90.3 cm³/mol. The van der Waals surface area contributed by atoms with E-state index in [4.69, 9.17) is 5.73 Å². The van der Waals surface area contributed by atoms with Gasteiger partial charge in [0.05, 0.1) is 11.1 Å². The van der Waals surface area contributed by atoms with Crippen LogP contribution in [0.2, 0.25) is 0 Å². The predicted octanol–water partition coefficient (Wildman–Crippen LogP) is 2.43. The molecule has 0 fully saturated rings. The summed E-state index contributed by atoms with van der Waals surface area (Å²) in [6, 6.07) is 3.61. The normalized spacial score (nSPS) is 13.2. The van der Waals surface area contributed by atoms with Crippen LogP contribution in [0.1, 0.15) is 20.7 Å². The van der Waals surface area contributed by atoms with E-state index in [0.717, 1.165) is 10.6 Å². The molecule has 1 aliphatic rings. The summed E-state index contributed by atoms with van der Waals surface area (Å²) in [7, 11) is 0. The van der Waals surface area contributed by atoms with Crippen LogP contribution >= 0.6 is 31.9 Å². The van der Waals surface area contributed by atoms with Gasteiger partial charge in [0.15, 0.2) is 5.75 Å². The zero-order valence-electron chi connectivity index (χ0n) is 12.0. The second-order valence-corrected chi connectivity index (χ2v) is 6.66. The number of rotatable bonds is 3. The van der Waals surface area contributed by atoms with Gasteiger partial charge in [0, 0.05) is 15.0 Å². The molecule has 7 nitrogen and oxygen atoms in total. The standard InChI is InChI=1S/C14H7Br2F2N3O4/c15-4-1-6(16)10(7(2-4)25-14(17)18)21-8(22)3-5-9(11(21)19)13(24)20-12(5)23/h1-3,14H,19H2,(H,20,23,24). The number of nitrogens with two attached hydrogens (primary N) is 1. The summed E-state index contributed by atoms with van der Waals surface area (Å²) in [6.45, 7) is -3.16. The first-order valence-electron chi connectivity index (χ1n) is 6.56. The Bertz CT molecular complexity index is 991. The molecule has 2 amide bonds. The third kappa shape index (κ3) is 2.93. The van der Waals surface area contributed by atoms with E-state index >= 15 is 0 Å². The van der Waals surface area contributed by atoms with E-state index in [2.05, 4.69) is 36.6 Å². The first-order chi connectivity index (χ1) is 11.7. The number of halogens is 4. The van der Waals surface area contributed by atoms with Crippen molar-refractivity contribution in [3.05, 3.63) is 48.6 Å². The van der Waals surface area contributed by atoms with Gasteiger partial charge in [-0.15, -0.1) is 0 Å². The molecule has 0 spiro atoms. The average molecular weight is 479 g/mol. The Balaban J connectivity index is 2.36. The van der Waals surface area contributed by atoms with Crippen LogP contribution < -0.4 is 21.3 Å². The molecule has 130 valence electrons. The number of hydrogen-bond acceptors (Lipinski definition) is 5. The Morgan fingerprint density at radius 3 is 2.44 bits per heavy atom. The number of benzene rings is 1. The molecule has 25 heavy (non-hydrogen) atoms. The van der Waals surface area contributed by atoms with Gasteiger partial charge in [0.2, 0.25) is 0 Å². The summed E-state index contributed by atoms with van der Waals surface area (Å²) in [5, 5.41) is 2.02. The summed E-state index contributed by atoms with van der Waals surface area (Å²) in [6.07, 6.45) is 0. The Labute approximate surface area is 155 Å². The fraction of sp³-hybridized carbons (Fsp3) is 0.0714. The van der Waals surface area contributed by atoms with E-state index in [1.54, 1.807) is 0 Å². The minimum absolute atomic E-state index is 0.124. The molecular formula is C14H7Br2F2N3O4. The molecule has 1 aliphatic heterocycles. The van der Waals surface area contributed by atoms with Crippen molar-refractivity contribution in [2.75, 3.05) is 5.73 Å². The zero-order chi connectivity index (χ0) is 18.5. The fourth-order valence-corrected chi connectivity index (χ4v) is 3.82. The van der Waals surface area contributed by atoms with Crippen molar-refractivity contribution in [3.8, 4) is 11.4 Å². The number of nitrogens with one attached hydrogen (secondary N) is 1. The van der Waals surface area contributed by atoms with Crippen LogP contribution in [0.5, 0.6) is 5.75 Å². The molecule has 1 aromatic carbocycles. The maximum Gasteiger partial charge on any atom is 0.387 e. The first-order valence-corrected chi connectivity index (χ1v) is 8.14. The van der Waals surface area contributed by atoms with Crippen LogP contribution in [-0.2, 0) is 0 Å². The number of nitrogen functional groups attached to an aromatic ring is 1. The highest BCUT2D eigenvalue weighted by Gasteiger charge is 2.33. The molecule has 0 unspecified atom stereocenters. The lowest BCUT2D eigenvalue weighted by Gasteiger charge is -2.18. The summed E-state index contributed by atoms with van der Waals surface area (Å²) in [5.74, 6) is -2.26. The summed E-state index contributed by atoms with van der Waals surface area (Å²) < 4.78 is 31.4. The van der Waals surface area contributed by atoms with Crippen LogP contribution in [0.15, 0.2) is 31.9 Å². The lowest BCUT2D eigenvalue weighted by molar-refractivity contribution is -0.0499. The van der Waals surface area contributed by atoms with Gasteiger partial charge < -0.3 is 10.5 Å². The number of hydrogen-bond donors (Lipinski definition) is 2. The Hall–Kier alpha value is -2.27. The van der Waals surface area contributed by atoms with Gasteiger partial charge in [-0.25, -0.2) is 0 Å². The molecule has 0 atom stereocenters. The molecule has 3 rings (SSSR count). The SMILES string of the molecule is Nc1c2c(cc(=O)n1-c1c(Br)cc(Br)cc1OC(F)F)C(=O)NC2=O. The van der Waals surface area contributed by atoms with Crippen molar-refractivity contribution in [2.24, 2.45) is 0 Å². The fourth-order valence-electron chi connectivity index (χ4n) is 2.46. The molecule has 0 saturated heterocycles. The number of anilines is 1. The highest BCUT2D eigenvalue weighted by atomic mass is 79.9. The van der Waals surface area contributed by atoms with E-state index < -0.39 is 24.0 Å². The van der Waals surface area contributed by atoms with E-state index in [0.29, 0.717) is 4.47 Å². The lowest BCUT2D eigenvalue weighted by Crippen LogP contribution is -2.25. The van der Waals surface area contributed by atoms with Gasteiger partial charge in [-0.2, -0.15) is 8.78 Å². The summed E-state index contributed by atoms with van der Waals surface area (Å²) >= 11 is 6.29. The van der Waals surface area contributed by atoms with Crippen molar-refractivity contribution < 1.29 is 23.1 Å². The number of fused-ring (bicyclic) bond motifs is 1. The topological polar surface area (TPSA) is 103 Å². The quantitative estimate of drug-likeness (QED) is 0.659. The minimum Gasteiger partial charge on any atom is -0.432 e. The Morgan fingerprint density at radius 2 is 1.80 bits per heavy atom. The molecule has 0 radical (unpaired) electrons. The first kappa shape index (κ1) is 17.5. The minimum atomic E-state index is -3.16.